The first-order valence-corrected chi connectivity index (χ1v) is 5.86. The van der Waals surface area contributed by atoms with Gasteiger partial charge in [-0.15, -0.1) is 0 Å². The maximum absolute atomic E-state index is 5.91. The molecule has 1 aromatic carbocycles. The van der Waals surface area contributed by atoms with Gasteiger partial charge in [-0.25, -0.2) is 9.97 Å². The smallest absolute Gasteiger partial charge is 0.115 e. The van der Waals surface area contributed by atoms with Crippen molar-refractivity contribution in [3.63, 3.8) is 0 Å². The molecular weight excluding hydrogens is 289 g/mol. The second-order valence-corrected chi connectivity index (χ2v) is 4.47. The van der Waals surface area contributed by atoms with E-state index in [2.05, 4.69) is 31.2 Å². The normalized spacial score (nSPS) is 10.1. The molecule has 0 radical (unpaired) electrons. The number of benzene rings is 1. The van der Waals surface area contributed by atoms with Crippen molar-refractivity contribution >= 4 is 33.2 Å². The highest BCUT2D eigenvalue weighted by Gasteiger charge is 2.00. The molecule has 0 aliphatic heterocycles. The zero-order chi connectivity index (χ0) is 11.4. The third kappa shape index (κ3) is 2.93. The molecule has 0 aliphatic rings. The van der Waals surface area contributed by atoms with E-state index in [0.29, 0.717) is 11.6 Å². The number of aromatic nitrogens is 2. The molecule has 2 aromatic rings. The molecular formula is C11H9BrClN3. The predicted molar refractivity (Wildman–Crippen MR) is 68.5 cm³/mol. The largest absolute Gasteiger partial charge is 0.378 e. The van der Waals surface area contributed by atoms with Crippen LogP contribution in [-0.4, -0.2) is 9.97 Å². The van der Waals surface area contributed by atoms with Crippen molar-refractivity contribution in [2.75, 3.05) is 5.32 Å². The Morgan fingerprint density at radius 1 is 1.31 bits per heavy atom. The Kier molecular flexibility index (Phi) is 3.74. The fourth-order valence-corrected chi connectivity index (χ4v) is 1.80. The number of hydrogen-bond donors (Lipinski definition) is 1. The van der Waals surface area contributed by atoms with E-state index in [1.807, 2.05) is 24.3 Å². The second kappa shape index (κ2) is 5.27. The number of nitrogens with one attached hydrogen (secondary N) is 1. The molecule has 0 unspecified atom stereocenters. The molecule has 0 bridgehead atoms. The van der Waals surface area contributed by atoms with Gasteiger partial charge in [-0.2, -0.15) is 0 Å². The third-order valence-electron chi connectivity index (χ3n) is 2.03. The second-order valence-electron chi connectivity index (χ2n) is 3.18. The summed E-state index contributed by atoms with van der Waals surface area (Å²) in [5.74, 6) is 0. The van der Waals surface area contributed by atoms with Gasteiger partial charge in [0.05, 0.1) is 17.9 Å². The minimum Gasteiger partial charge on any atom is -0.378 e. The SMILES string of the molecule is Clc1ccc(Br)c(NCc2ccncn2)c1. The van der Waals surface area contributed by atoms with Crippen LogP contribution in [-0.2, 0) is 6.54 Å². The molecule has 0 saturated carbocycles. The van der Waals surface area contributed by atoms with Gasteiger partial charge in [0.25, 0.3) is 0 Å². The Morgan fingerprint density at radius 2 is 2.19 bits per heavy atom. The zero-order valence-corrected chi connectivity index (χ0v) is 10.7. The van der Waals surface area contributed by atoms with Gasteiger partial charge in [0.15, 0.2) is 0 Å². The van der Waals surface area contributed by atoms with Gasteiger partial charge in [0.1, 0.15) is 6.33 Å². The van der Waals surface area contributed by atoms with Gasteiger partial charge in [0.2, 0.25) is 0 Å². The maximum Gasteiger partial charge on any atom is 0.115 e. The van der Waals surface area contributed by atoms with Crippen molar-refractivity contribution in [2.45, 2.75) is 6.54 Å². The van der Waals surface area contributed by atoms with E-state index in [1.165, 1.54) is 6.33 Å². The first kappa shape index (κ1) is 11.4. The minimum atomic E-state index is 0.640. The van der Waals surface area contributed by atoms with E-state index in [1.54, 1.807) is 6.20 Å². The number of nitrogens with zero attached hydrogens (tertiary/aromatic N) is 2. The number of anilines is 1. The van der Waals surface area contributed by atoms with Crippen LogP contribution >= 0.6 is 27.5 Å². The van der Waals surface area contributed by atoms with Gasteiger partial charge < -0.3 is 5.32 Å². The van der Waals surface area contributed by atoms with Crippen molar-refractivity contribution < 1.29 is 0 Å². The van der Waals surface area contributed by atoms with Crippen LogP contribution in [0, 0.1) is 0 Å². The standard InChI is InChI=1S/C11H9BrClN3/c12-10-2-1-8(13)5-11(10)15-6-9-3-4-14-7-16-9/h1-5,7,15H,6H2. The van der Waals surface area contributed by atoms with Gasteiger partial charge in [0, 0.05) is 15.7 Å². The average Bonchev–Trinajstić information content (AvgIpc) is 2.32. The average molecular weight is 299 g/mol. The fourth-order valence-electron chi connectivity index (χ4n) is 1.24. The van der Waals surface area contributed by atoms with Crippen LogP contribution in [0.4, 0.5) is 5.69 Å². The highest BCUT2D eigenvalue weighted by Crippen LogP contribution is 2.26. The summed E-state index contributed by atoms with van der Waals surface area (Å²) in [4.78, 5) is 7.99. The maximum atomic E-state index is 5.91. The van der Waals surface area contributed by atoms with Crippen LogP contribution in [0.1, 0.15) is 5.69 Å². The summed E-state index contributed by atoms with van der Waals surface area (Å²) >= 11 is 9.36. The molecule has 2 rings (SSSR count). The number of halogens is 2. The summed E-state index contributed by atoms with van der Waals surface area (Å²) < 4.78 is 0.978. The molecule has 0 fully saturated rings. The molecule has 0 atom stereocenters. The first-order chi connectivity index (χ1) is 7.75. The molecule has 0 aliphatic carbocycles. The highest BCUT2D eigenvalue weighted by atomic mass is 79.9. The van der Waals surface area contributed by atoms with Crippen LogP contribution in [0.15, 0.2) is 41.3 Å². The highest BCUT2D eigenvalue weighted by molar-refractivity contribution is 9.10. The van der Waals surface area contributed by atoms with Crippen LogP contribution in [0.5, 0.6) is 0 Å². The summed E-state index contributed by atoms with van der Waals surface area (Å²) in [6, 6.07) is 7.48. The molecule has 0 spiro atoms. The molecule has 16 heavy (non-hydrogen) atoms. The van der Waals surface area contributed by atoms with Crippen LogP contribution in [0.3, 0.4) is 0 Å². The van der Waals surface area contributed by atoms with Gasteiger partial charge in [-0.3, -0.25) is 0 Å². The monoisotopic (exact) mass is 297 g/mol. The van der Waals surface area contributed by atoms with Crippen molar-refractivity contribution in [1.29, 1.82) is 0 Å². The number of hydrogen-bond acceptors (Lipinski definition) is 3. The lowest BCUT2D eigenvalue weighted by molar-refractivity contribution is 1.01. The number of rotatable bonds is 3. The van der Waals surface area contributed by atoms with Crippen molar-refractivity contribution in [3.05, 3.63) is 52.0 Å². The quantitative estimate of drug-likeness (QED) is 0.942. The zero-order valence-electron chi connectivity index (χ0n) is 8.32. The fraction of sp³-hybridized carbons (Fsp3) is 0.0909. The van der Waals surface area contributed by atoms with Crippen molar-refractivity contribution in [2.24, 2.45) is 0 Å². The lowest BCUT2D eigenvalue weighted by Gasteiger charge is -2.08. The Morgan fingerprint density at radius 3 is 2.94 bits per heavy atom. The topological polar surface area (TPSA) is 37.8 Å². The van der Waals surface area contributed by atoms with E-state index < -0.39 is 0 Å². The Balaban J connectivity index is 2.08. The van der Waals surface area contributed by atoms with Crippen molar-refractivity contribution in [1.82, 2.24) is 9.97 Å². The summed E-state index contributed by atoms with van der Waals surface area (Å²) in [6.07, 6.45) is 3.25. The van der Waals surface area contributed by atoms with E-state index in [-0.39, 0.29) is 0 Å². The molecule has 0 saturated heterocycles. The van der Waals surface area contributed by atoms with E-state index in [4.69, 9.17) is 11.6 Å². The first-order valence-electron chi connectivity index (χ1n) is 4.69. The molecule has 1 N–H and O–H groups in total. The lowest BCUT2D eigenvalue weighted by atomic mass is 10.3. The van der Waals surface area contributed by atoms with Crippen LogP contribution in [0.25, 0.3) is 0 Å². The minimum absolute atomic E-state index is 0.640. The van der Waals surface area contributed by atoms with Crippen LogP contribution < -0.4 is 5.32 Å². The van der Waals surface area contributed by atoms with Crippen molar-refractivity contribution in [3.8, 4) is 0 Å². The summed E-state index contributed by atoms with van der Waals surface area (Å²) in [5, 5.41) is 3.95. The summed E-state index contributed by atoms with van der Waals surface area (Å²) in [6.45, 7) is 0.640. The Hall–Kier alpha value is -1.13. The lowest BCUT2D eigenvalue weighted by Crippen LogP contribution is -2.02. The molecule has 3 nitrogen and oxygen atoms in total. The van der Waals surface area contributed by atoms with E-state index >= 15 is 0 Å². The van der Waals surface area contributed by atoms with E-state index in [0.717, 1.165) is 15.9 Å². The van der Waals surface area contributed by atoms with Gasteiger partial charge in [-0.1, -0.05) is 11.6 Å². The Labute approximate surface area is 107 Å². The summed E-state index contributed by atoms with van der Waals surface area (Å²) in [7, 11) is 0. The molecule has 82 valence electrons. The Bertz CT molecular complexity index is 476. The molecule has 0 amide bonds. The molecule has 1 aromatic heterocycles. The van der Waals surface area contributed by atoms with Crippen LogP contribution in [0.2, 0.25) is 5.02 Å². The van der Waals surface area contributed by atoms with E-state index in [9.17, 15) is 0 Å². The van der Waals surface area contributed by atoms with Gasteiger partial charge in [-0.05, 0) is 40.2 Å². The molecule has 1 heterocycles. The molecule has 5 heteroatoms. The van der Waals surface area contributed by atoms with Gasteiger partial charge >= 0.3 is 0 Å². The summed E-state index contributed by atoms with van der Waals surface area (Å²) in [5.41, 5.74) is 1.88. The predicted octanol–water partition coefficient (Wildman–Crippen LogP) is 3.50. The third-order valence-corrected chi connectivity index (χ3v) is 2.96.